The minimum absolute atomic E-state index is 0. The van der Waals surface area contributed by atoms with E-state index in [0.29, 0.717) is 0 Å². The van der Waals surface area contributed by atoms with Crippen LogP contribution in [0.4, 0.5) is 0 Å². The number of nitrogens with zero attached hydrogens (tertiary/aromatic N) is 1. The molecule has 0 radical (unpaired) electrons. The van der Waals surface area contributed by atoms with Crippen molar-refractivity contribution in [3.8, 4) is 0 Å². The monoisotopic (exact) mass is 312 g/mol. The summed E-state index contributed by atoms with van der Waals surface area (Å²) in [6.07, 6.45) is 4.59. The lowest BCUT2D eigenvalue weighted by molar-refractivity contribution is -0.147. The molecule has 0 aromatic rings. The number of halogens is 2. The van der Waals surface area contributed by atoms with E-state index in [0.717, 1.165) is 38.4 Å². The van der Waals surface area contributed by atoms with Gasteiger partial charge in [0.25, 0.3) is 0 Å². The SMILES string of the molecule is COC(=O)C1CCN(CC2CCCNC2)CC1.Cl.Cl. The Bertz CT molecular complexity index is 253. The molecule has 2 rings (SSSR count). The van der Waals surface area contributed by atoms with Gasteiger partial charge in [-0.3, -0.25) is 4.79 Å². The van der Waals surface area contributed by atoms with Crippen LogP contribution in [0.1, 0.15) is 25.7 Å². The van der Waals surface area contributed by atoms with Gasteiger partial charge in [-0.15, -0.1) is 24.8 Å². The highest BCUT2D eigenvalue weighted by atomic mass is 35.5. The summed E-state index contributed by atoms with van der Waals surface area (Å²) in [6.45, 7) is 5.64. The molecule has 2 fully saturated rings. The lowest BCUT2D eigenvalue weighted by Crippen LogP contribution is -2.42. The van der Waals surface area contributed by atoms with E-state index in [2.05, 4.69) is 10.2 Å². The molecule has 2 aliphatic heterocycles. The maximum atomic E-state index is 11.4. The fourth-order valence-electron chi connectivity index (χ4n) is 2.96. The Morgan fingerprint density at radius 2 is 1.95 bits per heavy atom. The first kappa shape index (κ1) is 19.0. The van der Waals surface area contributed by atoms with Gasteiger partial charge < -0.3 is 15.0 Å². The number of hydrogen-bond acceptors (Lipinski definition) is 4. The zero-order chi connectivity index (χ0) is 12.1. The van der Waals surface area contributed by atoms with Crippen LogP contribution in [0, 0.1) is 11.8 Å². The highest BCUT2D eigenvalue weighted by Crippen LogP contribution is 2.20. The maximum absolute atomic E-state index is 11.4. The molecule has 114 valence electrons. The largest absolute Gasteiger partial charge is 0.469 e. The first-order valence-electron chi connectivity index (χ1n) is 6.80. The van der Waals surface area contributed by atoms with E-state index < -0.39 is 0 Å². The fraction of sp³-hybridized carbons (Fsp3) is 0.923. The van der Waals surface area contributed by atoms with Crippen molar-refractivity contribution < 1.29 is 9.53 Å². The second-order valence-electron chi connectivity index (χ2n) is 5.31. The van der Waals surface area contributed by atoms with Crippen molar-refractivity contribution in [2.75, 3.05) is 39.8 Å². The highest BCUT2D eigenvalue weighted by Gasteiger charge is 2.26. The molecule has 1 atom stereocenters. The number of carbonyl (C=O) groups excluding carboxylic acids is 1. The zero-order valence-corrected chi connectivity index (χ0v) is 13.2. The van der Waals surface area contributed by atoms with E-state index in [1.165, 1.54) is 33.0 Å². The molecule has 6 heteroatoms. The number of carbonyl (C=O) groups is 1. The predicted octanol–water partition coefficient (Wildman–Crippen LogP) is 1.71. The highest BCUT2D eigenvalue weighted by molar-refractivity contribution is 5.85. The number of esters is 1. The third kappa shape index (κ3) is 5.86. The summed E-state index contributed by atoms with van der Waals surface area (Å²) < 4.78 is 4.81. The summed E-state index contributed by atoms with van der Waals surface area (Å²) in [4.78, 5) is 13.9. The molecule has 0 saturated carbocycles. The fourth-order valence-corrected chi connectivity index (χ4v) is 2.96. The Balaban J connectivity index is 0.00000162. The van der Waals surface area contributed by atoms with E-state index >= 15 is 0 Å². The van der Waals surface area contributed by atoms with Crippen molar-refractivity contribution in [1.29, 1.82) is 0 Å². The van der Waals surface area contributed by atoms with E-state index in [-0.39, 0.29) is 36.7 Å². The van der Waals surface area contributed by atoms with Crippen molar-refractivity contribution in [3.63, 3.8) is 0 Å². The molecule has 2 saturated heterocycles. The summed E-state index contributed by atoms with van der Waals surface area (Å²) in [5, 5.41) is 3.46. The van der Waals surface area contributed by atoms with Crippen LogP contribution in [0.25, 0.3) is 0 Å². The molecule has 0 aromatic heterocycles. The lowest BCUT2D eigenvalue weighted by atomic mass is 9.94. The van der Waals surface area contributed by atoms with Crippen LogP contribution in [0.3, 0.4) is 0 Å². The number of likely N-dealkylation sites (tertiary alicyclic amines) is 1. The first-order valence-corrected chi connectivity index (χ1v) is 6.80. The first-order chi connectivity index (χ1) is 8.29. The van der Waals surface area contributed by atoms with Crippen LogP contribution in [0.5, 0.6) is 0 Å². The number of ether oxygens (including phenoxy) is 1. The summed E-state index contributed by atoms with van der Waals surface area (Å²) in [5.41, 5.74) is 0. The van der Waals surface area contributed by atoms with Gasteiger partial charge in [0.2, 0.25) is 0 Å². The minimum atomic E-state index is -0.0241. The molecule has 19 heavy (non-hydrogen) atoms. The van der Waals surface area contributed by atoms with Gasteiger partial charge in [-0.2, -0.15) is 0 Å². The molecule has 0 aliphatic carbocycles. The van der Waals surface area contributed by atoms with Crippen LogP contribution in [0.15, 0.2) is 0 Å². The standard InChI is InChI=1S/C13H24N2O2.2ClH/c1-17-13(16)12-4-7-15(8-5-12)10-11-3-2-6-14-9-11;;/h11-12,14H,2-10H2,1H3;2*1H. The normalized spacial score (nSPS) is 25.0. The van der Waals surface area contributed by atoms with E-state index in [9.17, 15) is 4.79 Å². The van der Waals surface area contributed by atoms with Crippen LogP contribution >= 0.6 is 24.8 Å². The van der Waals surface area contributed by atoms with Crippen LogP contribution in [-0.2, 0) is 9.53 Å². The predicted molar refractivity (Wildman–Crippen MR) is 81.3 cm³/mol. The van der Waals surface area contributed by atoms with Crippen LogP contribution in [0.2, 0.25) is 0 Å². The topological polar surface area (TPSA) is 41.6 Å². The zero-order valence-electron chi connectivity index (χ0n) is 11.6. The van der Waals surface area contributed by atoms with Gasteiger partial charge in [0.1, 0.15) is 0 Å². The molecule has 0 spiro atoms. The number of hydrogen-bond donors (Lipinski definition) is 1. The van der Waals surface area contributed by atoms with Gasteiger partial charge in [0, 0.05) is 6.54 Å². The van der Waals surface area contributed by atoms with Crippen molar-refractivity contribution in [1.82, 2.24) is 10.2 Å². The van der Waals surface area contributed by atoms with Crippen LogP contribution in [-0.4, -0.2) is 50.7 Å². The number of nitrogens with one attached hydrogen (secondary N) is 1. The summed E-state index contributed by atoms with van der Waals surface area (Å²) >= 11 is 0. The summed E-state index contributed by atoms with van der Waals surface area (Å²) in [5.74, 6) is 0.920. The number of methoxy groups -OCH3 is 1. The smallest absolute Gasteiger partial charge is 0.308 e. The molecule has 1 unspecified atom stereocenters. The molecule has 0 aromatic carbocycles. The van der Waals surface area contributed by atoms with Crippen molar-refractivity contribution in [3.05, 3.63) is 0 Å². The summed E-state index contributed by atoms with van der Waals surface area (Å²) in [6, 6.07) is 0. The van der Waals surface area contributed by atoms with Crippen LogP contribution < -0.4 is 5.32 Å². The second-order valence-corrected chi connectivity index (χ2v) is 5.31. The maximum Gasteiger partial charge on any atom is 0.308 e. The van der Waals surface area contributed by atoms with E-state index in [4.69, 9.17) is 4.74 Å². The minimum Gasteiger partial charge on any atom is -0.469 e. The van der Waals surface area contributed by atoms with Gasteiger partial charge >= 0.3 is 5.97 Å². The average Bonchev–Trinajstić information content (AvgIpc) is 2.40. The molecule has 0 bridgehead atoms. The van der Waals surface area contributed by atoms with E-state index in [1.54, 1.807) is 0 Å². The molecule has 1 N–H and O–H groups in total. The quantitative estimate of drug-likeness (QED) is 0.806. The Labute approximate surface area is 128 Å². The third-order valence-corrected chi connectivity index (χ3v) is 4.04. The van der Waals surface area contributed by atoms with Gasteiger partial charge in [0.05, 0.1) is 13.0 Å². The molecule has 4 nitrogen and oxygen atoms in total. The Morgan fingerprint density at radius 1 is 1.26 bits per heavy atom. The molecule has 2 aliphatic rings. The van der Waals surface area contributed by atoms with Gasteiger partial charge in [-0.05, 0) is 57.8 Å². The van der Waals surface area contributed by atoms with Crippen molar-refractivity contribution >= 4 is 30.8 Å². The Morgan fingerprint density at radius 3 is 2.47 bits per heavy atom. The molecule has 0 amide bonds. The Hall–Kier alpha value is -0.0300. The summed E-state index contributed by atoms with van der Waals surface area (Å²) in [7, 11) is 1.49. The number of rotatable bonds is 3. The lowest BCUT2D eigenvalue weighted by Gasteiger charge is -2.34. The van der Waals surface area contributed by atoms with Gasteiger partial charge in [0.15, 0.2) is 0 Å². The van der Waals surface area contributed by atoms with Gasteiger partial charge in [-0.25, -0.2) is 0 Å². The molecule has 2 heterocycles. The number of piperidine rings is 2. The van der Waals surface area contributed by atoms with Crippen molar-refractivity contribution in [2.24, 2.45) is 11.8 Å². The molecular weight excluding hydrogens is 287 g/mol. The average molecular weight is 313 g/mol. The third-order valence-electron chi connectivity index (χ3n) is 4.04. The Kier molecular flexibility index (Phi) is 9.79. The molecular formula is C13H26Cl2N2O2. The van der Waals surface area contributed by atoms with Gasteiger partial charge in [-0.1, -0.05) is 0 Å². The van der Waals surface area contributed by atoms with E-state index in [1.807, 2.05) is 0 Å². The van der Waals surface area contributed by atoms with Crippen molar-refractivity contribution in [2.45, 2.75) is 25.7 Å². The second kappa shape index (κ2) is 9.81.